The van der Waals surface area contributed by atoms with Gasteiger partial charge in [-0.1, -0.05) is 17.8 Å². The second kappa shape index (κ2) is 9.36. The molecule has 0 bridgehead atoms. The molecule has 2 aromatic heterocycles. The summed E-state index contributed by atoms with van der Waals surface area (Å²) in [5.74, 6) is 2.36. The third-order valence-electron chi connectivity index (χ3n) is 6.08. The van der Waals surface area contributed by atoms with E-state index in [-0.39, 0.29) is 11.7 Å². The Hall–Kier alpha value is -2.95. The van der Waals surface area contributed by atoms with Gasteiger partial charge < -0.3 is 14.2 Å². The Bertz CT molecular complexity index is 1140. The number of thioether (sulfide) groups is 1. The van der Waals surface area contributed by atoms with Gasteiger partial charge in [-0.3, -0.25) is 9.36 Å². The molecule has 11 heteroatoms. The average Bonchev–Trinajstić information content (AvgIpc) is 3.40. The van der Waals surface area contributed by atoms with E-state index in [1.165, 1.54) is 17.8 Å². The zero-order chi connectivity index (χ0) is 23.7. The van der Waals surface area contributed by atoms with E-state index in [0.29, 0.717) is 49.5 Å². The van der Waals surface area contributed by atoms with Crippen molar-refractivity contribution in [2.75, 3.05) is 36.8 Å². The van der Waals surface area contributed by atoms with E-state index in [0.717, 1.165) is 36.6 Å². The van der Waals surface area contributed by atoms with Crippen molar-refractivity contribution >= 4 is 23.4 Å². The van der Waals surface area contributed by atoms with Crippen LogP contribution in [0.25, 0.3) is 0 Å². The van der Waals surface area contributed by atoms with Crippen LogP contribution in [0.1, 0.15) is 35.9 Å². The molecule has 0 unspecified atom stereocenters. The smallest absolute Gasteiger partial charge is 0.416 e. The highest BCUT2D eigenvalue weighted by Gasteiger charge is 2.32. The van der Waals surface area contributed by atoms with Crippen molar-refractivity contribution in [3.8, 4) is 0 Å². The zero-order valence-corrected chi connectivity index (χ0v) is 19.2. The lowest BCUT2D eigenvalue weighted by Crippen LogP contribution is -2.49. The molecule has 3 heterocycles. The van der Waals surface area contributed by atoms with E-state index in [1.54, 1.807) is 17.2 Å². The van der Waals surface area contributed by atoms with Gasteiger partial charge in [-0.05, 0) is 43.2 Å². The van der Waals surface area contributed by atoms with Gasteiger partial charge in [-0.15, -0.1) is 10.2 Å². The lowest BCUT2D eigenvalue weighted by molar-refractivity contribution is -0.137. The molecule has 180 valence electrons. The number of rotatable bonds is 7. The summed E-state index contributed by atoms with van der Waals surface area (Å²) in [5, 5.41) is 9.36. The summed E-state index contributed by atoms with van der Waals surface area (Å²) in [4.78, 5) is 16.5. The Morgan fingerprint density at radius 2 is 1.88 bits per heavy atom. The highest BCUT2D eigenvalue weighted by atomic mass is 32.2. The number of aromatic nitrogens is 3. The first-order chi connectivity index (χ1) is 16.4. The van der Waals surface area contributed by atoms with Crippen LogP contribution in [0, 0.1) is 0 Å². The minimum atomic E-state index is -4.37. The molecular formula is C23H24F3N5O2S. The molecule has 5 rings (SSSR count). The van der Waals surface area contributed by atoms with Crippen LogP contribution < -0.4 is 4.90 Å². The SMILES string of the molecule is O=C(CSc1nnc(C2CC2)n1Cc1ccco1)N1CCN(c2cccc(C(F)(F)F)c2)CC1. The maximum atomic E-state index is 13.0. The van der Waals surface area contributed by atoms with Crippen molar-refractivity contribution in [2.45, 2.75) is 36.6 Å². The number of benzene rings is 1. The first-order valence-electron chi connectivity index (χ1n) is 11.2. The van der Waals surface area contributed by atoms with Crippen molar-refractivity contribution in [2.24, 2.45) is 0 Å². The quantitative estimate of drug-likeness (QED) is 0.460. The Balaban J connectivity index is 1.18. The number of nitrogens with zero attached hydrogens (tertiary/aromatic N) is 5. The highest BCUT2D eigenvalue weighted by Crippen LogP contribution is 2.40. The fraction of sp³-hybridized carbons (Fsp3) is 0.435. The van der Waals surface area contributed by atoms with Crippen molar-refractivity contribution < 1.29 is 22.4 Å². The summed E-state index contributed by atoms with van der Waals surface area (Å²) in [6, 6.07) is 9.06. The summed E-state index contributed by atoms with van der Waals surface area (Å²) in [6.45, 7) is 2.42. The number of amides is 1. The van der Waals surface area contributed by atoms with Crippen molar-refractivity contribution in [1.82, 2.24) is 19.7 Å². The van der Waals surface area contributed by atoms with Gasteiger partial charge in [-0.25, -0.2) is 0 Å². The van der Waals surface area contributed by atoms with Crippen LogP contribution in [0.3, 0.4) is 0 Å². The van der Waals surface area contributed by atoms with Gasteiger partial charge in [0, 0.05) is 37.8 Å². The Kier molecular flexibility index (Phi) is 6.28. The van der Waals surface area contributed by atoms with Gasteiger partial charge in [0.25, 0.3) is 0 Å². The number of carbonyl (C=O) groups excluding carboxylic acids is 1. The molecule has 2 fully saturated rings. The van der Waals surface area contributed by atoms with Crippen LogP contribution >= 0.6 is 11.8 Å². The fourth-order valence-corrected chi connectivity index (χ4v) is 4.92. The van der Waals surface area contributed by atoms with Crippen LogP contribution in [0.5, 0.6) is 0 Å². The Morgan fingerprint density at radius 3 is 2.56 bits per heavy atom. The second-order valence-corrected chi connectivity index (χ2v) is 9.43. The molecule has 0 radical (unpaired) electrons. The topological polar surface area (TPSA) is 67.4 Å². The maximum Gasteiger partial charge on any atom is 0.416 e. The summed E-state index contributed by atoms with van der Waals surface area (Å²) in [7, 11) is 0. The van der Waals surface area contributed by atoms with Crippen molar-refractivity contribution in [1.29, 1.82) is 0 Å². The van der Waals surface area contributed by atoms with Crippen LogP contribution in [0.2, 0.25) is 0 Å². The molecule has 7 nitrogen and oxygen atoms in total. The van der Waals surface area contributed by atoms with E-state index in [2.05, 4.69) is 10.2 Å². The standard InChI is InChI=1S/C23H24F3N5O2S/c24-23(25,26)17-3-1-4-18(13-17)29-8-10-30(11-9-29)20(32)15-34-22-28-27-21(16-6-7-16)31(22)14-19-5-2-12-33-19/h1-5,12-13,16H,6-11,14-15H2. The van der Waals surface area contributed by atoms with E-state index in [9.17, 15) is 18.0 Å². The third kappa shape index (κ3) is 5.08. The van der Waals surface area contributed by atoms with Crippen molar-refractivity contribution in [3.63, 3.8) is 0 Å². The molecule has 1 aliphatic heterocycles. The van der Waals surface area contributed by atoms with Gasteiger partial charge in [0.05, 0.1) is 24.1 Å². The number of anilines is 1. The van der Waals surface area contributed by atoms with Crippen LogP contribution in [0.4, 0.5) is 18.9 Å². The van der Waals surface area contributed by atoms with E-state index in [1.807, 2.05) is 21.6 Å². The van der Waals surface area contributed by atoms with E-state index in [4.69, 9.17) is 4.42 Å². The molecule has 34 heavy (non-hydrogen) atoms. The van der Waals surface area contributed by atoms with Crippen molar-refractivity contribution in [3.05, 3.63) is 59.8 Å². The van der Waals surface area contributed by atoms with Gasteiger partial charge in [0.1, 0.15) is 11.6 Å². The third-order valence-corrected chi connectivity index (χ3v) is 7.03. The molecule has 1 saturated carbocycles. The van der Waals surface area contributed by atoms with Gasteiger partial charge in [0.2, 0.25) is 5.91 Å². The van der Waals surface area contributed by atoms with Crippen LogP contribution in [-0.4, -0.2) is 57.5 Å². The molecule has 0 atom stereocenters. The number of hydrogen-bond donors (Lipinski definition) is 0. The predicted molar refractivity (Wildman–Crippen MR) is 121 cm³/mol. The largest absolute Gasteiger partial charge is 0.467 e. The predicted octanol–water partition coefficient (Wildman–Crippen LogP) is 4.26. The molecular weight excluding hydrogens is 467 g/mol. The van der Waals surface area contributed by atoms with Gasteiger partial charge >= 0.3 is 6.18 Å². The summed E-state index contributed by atoms with van der Waals surface area (Å²) in [5.41, 5.74) is -0.140. The number of carbonyl (C=O) groups is 1. The van der Waals surface area contributed by atoms with E-state index < -0.39 is 11.7 Å². The average molecular weight is 492 g/mol. The minimum absolute atomic E-state index is 0.0192. The molecule has 1 aliphatic carbocycles. The summed E-state index contributed by atoms with van der Waals surface area (Å²) in [6.07, 6.45) is -0.556. The second-order valence-electron chi connectivity index (χ2n) is 8.49. The number of halogens is 3. The number of hydrogen-bond acceptors (Lipinski definition) is 6. The molecule has 1 aromatic carbocycles. The Labute approximate surface area is 198 Å². The number of alkyl halides is 3. The summed E-state index contributed by atoms with van der Waals surface area (Å²) >= 11 is 1.36. The van der Waals surface area contributed by atoms with E-state index >= 15 is 0 Å². The Morgan fingerprint density at radius 1 is 1.09 bits per heavy atom. The molecule has 2 aliphatic rings. The zero-order valence-electron chi connectivity index (χ0n) is 18.4. The fourth-order valence-electron chi connectivity index (χ4n) is 4.07. The molecule has 0 spiro atoms. The number of furan rings is 1. The highest BCUT2D eigenvalue weighted by molar-refractivity contribution is 7.99. The molecule has 1 amide bonds. The van der Waals surface area contributed by atoms with Crippen LogP contribution in [-0.2, 0) is 17.5 Å². The van der Waals surface area contributed by atoms with Gasteiger partial charge in [-0.2, -0.15) is 13.2 Å². The normalized spacial score (nSPS) is 16.8. The monoisotopic (exact) mass is 491 g/mol. The first kappa shape index (κ1) is 22.8. The maximum absolute atomic E-state index is 13.0. The molecule has 3 aromatic rings. The first-order valence-corrected chi connectivity index (χ1v) is 12.2. The van der Waals surface area contributed by atoms with Gasteiger partial charge in [0.15, 0.2) is 5.16 Å². The molecule has 0 N–H and O–H groups in total. The lowest BCUT2D eigenvalue weighted by Gasteiger charge is -2.36. The lowest BCUT2D eigenvalue weighted by atomic mass is 10.1. The van der Waals surface area contributed by atoms with Crippen LogP contribution in [0.15, 0.2) is 52.2 Å². The number of piperazine rings is 1. The molecule has 1 saturated heterocycles. The minimum Gasteiger partial charge on any atom is -0.467 e. The summed E-state index contributed by atoms with van der Waals surface area (Å²) < 4.78 is 46.6.